The number of Topliss-reactive ketones (excluding diaryl/α,β-unsaturated/α-hetero) is 1. The molecule has 1 aromatic rings. The van der Waals surface area contributed by atoms with Gasteiger partial charge in [0.05, 0.1) is 10.5 Å². The highest BCUT2D eigenvalue weighted by molar-refractivity contribution is 5.85. The minimum Gasteiger partial charge on any atom is -0.299 e. The molecule has 2 rings (SSSR count). The van der Waals surface area contributed by atoms with Gasteiger partial charge in [0.15, 0.2) is 0 Å². The maximum atomic E-state index is 12.8. The number of hydrogen-bond acceptors (Lipinski definition) is 3. The second kappa shape index (κ2) is 4.64. The van der Waals surface area contributed by atoms with Crippen molar-refractivity contribution in [2.24, 2.45) is 5.92 Å². The summed E-state index contributed by atoms with van der Waals surface area (Å²) in [6, 6.07) is 2.49. The second-order valence-corrected chi connectivity index (χ2v) is 4.51. The van der Waals surface area contributed by atoms with E-state index in [0.29, 0.717) is 18.9 Å². The van der Waals surface area contributed by atoms with Gasteiger partial charge in [-0.25, -0.2) is 0 Å². The topological polar surface area (TPSA) is 60.2 Å². The summed E-state index contributed by atoms with van der Waals surface area (Å²) in [5.41, 5.74) is -1.93. The summed E-state index contributed by atoms with van der Waals surface area (Å²) in [6.07, 6.45) is -3.59. The Labute approximate surface area is 106 Å². The lowest BCUT2D eigenvalue weighted by atomic mass is 9.99. The number of nitrogens with zero attached hydrogens (tertiary/aromatic N) is 1. The first-order valence-electron chi connectivity index (χ1n) is 5.66. The van der Waals surface area contributed by atoms with E-state index in [9.17, 15) is 28.1 Å². The Morgan fingerprint density at radius 1 is 1.37 bits per heavy atom. The Hall–Kier alpha value is -1.92. The number of alkyl halides is 3. The van der Waals surface area contributed by atoms with Gasteiger partial charge in [0.1, 0.15) is 5.78 Å². The van der Waals surface area contributed by atoms with Crippen LogP contribution < -0.4 is 0 Å². The molecule has 0 atom stereocenters. The van der Waals surface area contributed by atoms with Gasteiger partial charge in [0, 0.05) is 24.5 Å². The molecule has 0 bridgehead atoms. The molecule has 4 nitrogen and oxygen atoms in total. The fourth-order valence-corrected chi connectivity index (χ4v) is 1.83. The molecule has 7 heteroatoms. The molecule has 102 valence electrons. The van der Waals surface area contributed by atoms with E-state index in [1.165, 1.54) is 0 Å². The van der Waals surface area contributed by atoms with E-state index in [-0.39, 0.29) is 23.7 Å². The largest absolute Gasteiger partial charge is 0.416 e. The van der Waals surface area contributed by atoms with Crippen molar-refractivity contribution >= 4 is 11.5 Å². The van der Waals surface area contributed by atoms with Gasteiger partial charge in [-0.3, -0.25) is 14.9 Å². The summed E-state index contributed by atoms with van der Waals surface area (Å²) in [5.74, 6) is -0.379. The Morgan fingerprint density at radius 2 is 2.00 bits per heavy atom. The van der Waals surface area contributed by atoms with Crippen LogP contribution in [0.2, 0.25) is 0 Å². The number of non-ortho nitro benzene ring substituents is 1. The van der Waals surface area contributed by atoms with E-state index >= 15 is 0 Å². The summed E-state index contributed by atoms with van der Waals surface area (Å²) in [4.78, 5) is 21.2. The van der Waals surface area contributed by atoms with Gasteiger partial charge >= 0.3 is 6.18 Å². The summed E-state index contributed by atoms with van der Waals surface area (Å²) >= 11 is 0. The van der Waals surface area contributed by atoms with E-state index in [1.807, 2.05) is 0 Å². The molecule has 0 amide bonds. The van der Waals surface area contributed by atoms with Crippen molar-refractivity contribution in [2.45, 2.75) is 25.4 Å². The van der Waals surface area contributed by atoms with Crippen molar-refractivity contribution in [1.82, 2.24) is 0 Å². The second-order valence-electron chi connectivity index (χ2n) is 4.51. The van der Waals surface area contributed by atoms with E-state index in [4.69, 9.17) is 0 Å². The predicted molar refractivity (Wildman–Crippen MR) is 59.5 cm³/mol. The highest BCUT2D eigenvalue weighted by Crippen LogP contribution is 2.36. The van der Waals surface area contributed by atoms with Gasteiger partial charge in [0.2, 0.25) is 0 Å². The minimum absolute atomic E-state index is 0.142. The molecule has 0 saturated heterocycles. The van der Waals surface area contributed by atoms with Gasteiger partial charge < -0.3 is 0 Å². The third kappa shape index (κ3) is 3.10. The SMILES string of the molecule is O=C(Cc1ccc([N+](=O)[O-])cc1C(F)(F)F)C1CC1. The Balaban J connectivity index is 2.35. The standard InChI is InChI=1S/C12H10F3NO3/c13-12(14,15)10-6-9(16(18)19)4-3-8(10)5-11(17)7-1-2-7/h3-4,6-7H,1-2,5H2. The van der Waals surface area contributed by atoms with Gasteiger partial charge in [-0.05, 0) is 18.4 Å². The summed E-state index contributed by atoms with van der Waals surface area (Å²) in [6.45, 7) is 0. The first-order valence-corrected chi connectivity index (χ1v) is 5.66. The molecule has 0 heterocycles. The monoisotopic (exact) mass is 273 g/mol. The lowest BCUT2D eigenvalue weighted by Crippen LogP contribution is -2.14. The van der Waals surface area contributed by atoms with Crippen LogP contribution in [-0.2, 0) is 17.4 Å². The third-order valence-electron chi connectivity index (χ3n) is 3.01. The van der Waals surface area contributed by atoms with Crippen LogP contribution in [0.3, 0.4) is 0 Å². The first-order chi connectivity index (χ1) is 8.79. The molecule has 0 unspecified atom stereocenters. The fraction of sp³-hybridized carbons (Fsp3) is 0.417. The minimum atomic E-state index is -4.70. The molecular weight excluding hydrogens is 263 g/mol. The van der Waals surface area contributed by atoms with Crippen molar-refractivity contribution in [1.29, 1.82) is 0 Å². The van der Waals surface area contributed by atoms with E-state index in [0.717, 1.165) is 12.1 Å². The van der Waals surface area contributed by atoms with E-state index < -0.39 is 22.4 Å². The Kier molecular flexibility index (Phi) is 3.30. The maximum Gasteiger partial charge on any atom is 0.416 e. The van der Waals surface area contributed by atoms with Gasteiger partial charge in [0.25, 0.3) is 5.69 Å². The predicted octanol–water partition coefficient (Wildman–Crippen LogP) is 3.14. The molecular formula is C12H10F3NO3. The Morgan fingerprint density at radius 3 is 2.47 bits per heavy atom. The number of nitro benzene ring substituents is 1. The normalized spacial score (nSPS) is 15.3. The number of carbonyl (C=O) groups excluding carboxylic acids is 1. The van der Waals surface area contributed by atoms with Crippen LogP contribution in [0.15, 0.2) is 18.2 Å². The summed E-state index contributed by atoms with van der Waals surface area (Å²) in [5, 5.41) is 10.5. The molecule has 0 aliphatic heterocycles. The van der Waals surface area contributed by atoms with Crippen LogP contribution in [0.4, 0.5) is 18.9 Å². The quantitative estimate of drug-likeness (QED) is 0.625. The number of nitro groups is 1. The lowest BCUT2D eigenvalue weighted by molar-refractivity contribution is -0.385. The lowest BCUT2D eigenvalue weighted by Gasteiger charge is -2.12. The maximum absolute atomic E-state index is 12.8. The van der Waals surface area contributed by atoms with Crippen molar-refractivity contribution in [2.75, 3.05) is 0 Å². The average Bonchev–Trinajstić information content (AvgIpc) is 3.11. The van der Waals surface area contributed by atoms with E-state index in [2.05, 4.69) is 0 Å². The number of carbonyl (C=O) groups is 1. The highest BCUT2D eigenvalue weighted by Gasteiger charge is 2.37. The Bertz CT molecular complexity index is 536. The molecule has 0 aromatic heterocycles. The molecule has 0 spiro atoms. The zero-order chi connectivity index (χ0) is 14.2. The summed E-state index contributed by atoms with van der Waals surface area (Å²) in [7, 11) is 0. The molecule has 1 aromatic carbocycles. The van der Waals surface area contributed by atoms with Crippen molar-refractivity contribution in [3.05, 3.63) is 39.4 Å². The van der Waals surface area contributed by atoms with Gasteiger partial charge in [-0.15, -0.1) is 0 Å². The number of rotatable bonds is 4. The third-order valence-corrected chi connectivity index (χ3v) is 3.01. The molecule has 0 N–H and O–H groups in total. The van der Waals surface area contributed by atoms with Crippen LogP contribution in [0.25, 0.3) is 0 Å². The van der Waals surface area contributed by atoms with Crippen LogP contribution in [0.1, 0.15) is 24.0 Å². The fourth-order valence-electron chi connectivity index (χ4n) is 1.83. The van der Waals surface area contributed by atoms with Crippen molar-refractivity contribution in [3.8, 4) is 0 Å². The highest BCUT2D eigenvalue weighted by atomic mass is 19.4. The van der Waals surface area contributed by atoms with E-state index in [1.54, 1.807) is 0 Å². The zero-order valence-corrected chi connectivity index (χ0v) is 9.74. The van der Waals surface area contributed by atoms with Gasteiger partial charge in [-0.1, -0.05) is 6.07 Å². The smallest absolute Gasteiger partial charge is 0.299 e. The van der Waals surface area contributed by atoms with Crippen LogP contribution in [0.5, 0.6) is 0 Å². The molecule has 1 aliphatic carbocycles. The van der Waals surface area contributed by atoms with Crippen LogP contribution in [-0.4, -0.2) is 10.7 Å². The first kappa shape index (κ1) is 13.5. The number of hydrogen-bond donors (Lipinski definition) is 0. The molecule has 1 fully saturated rings. The number of halogens is 3. The van der Waals surface area contributed by atoms with Crippen molar-refractivity contribution < 1.29 is 22.9 Å². The zero-order valence-electron chi connectivity index (χ0n) is 9.74. The average molecular weight is 273 g/mol. The summed E-state index contributed by atoms with van der Waals surface area (Å²) < 4.78 is 38.5. The van der Waals surface area contributed by atoms with Crippen LogP contribution >= 0.6 is 0 Å². The number of benzene rings is 1. The van der Waals surface area contributed by atoms with Gasteiger partial charge in [-0.2, -0.15) is 13.2 Å². The van der Waals surface area contributed by atoms with Crippen molar-refractivity contribution in [3.63, 3.8) is 0 Å². The molecule has 0 radical (unpaired) electrons. The number of ketones is 1. The van der Waals surface area contributed by atoms with Crippen LogP contribution in [0, 0.1) is 16.0 Å². The molecule has 1 saturated carbocycles. The molecule has 1 aliphatic rings. The molecule has 19 heavy (non-hydrogen) atoms.